The summed E-state index contributed by atoms with van der Waals surface area (Å²) in [5.74, 6) is 1.46. The van der Waals surface area contributed by atoms with Crippen LogP contribution in [0.4, 0.5) is 8.78 Å². The van der Waals surface area contributed by atoms with Crippen LogP contribution in [-0.2, 0) is 19.6 Å². The van der Waals surface area contributed by atoms with Crippen molar-refractivity contribution >= 4 is 29.9 Å². The fraction of sp³-hybridized carbons (Fsp3) is 0.409. The number of ether oxygens (including phenoxy) is 3. The number of hydrogen-bond acceptors (Lipinski definition) is 5. The first kappa shape index (κ1) is 25.9. The van der Waals surface area contributed by atoms with E-state index < -0.39 is 6.61 Å². The Morgan fingerprint density at radius 3 is 2.44 bits per heavy atom. The number of benzene rings is 2. The molecule has 0 spiro atoms. The van der Waals surface area contributed by atoms with E-state index in [1.54, 1.807) is 6.07 Å². The summed E-state index contributed by atoms with van der Waals surface area (Å²) in [5, 5.41) is 6.49. The van der Waals surface area contributed by atoms with Gasteiger partial charge in [-0.25, -0.2) is 4.99 Å². The molecule has 176 valence electrons. The van der Waals surface area contributed by atoms with Crippen molar-refractivity contribution in [3.05, 3.63) is 53.1 Å². The molecular formula is C22H29F2IN4O3. The minimum atomic E-state index is -2.94. The van der Waals surface area contributed by atoms with Gasteiger partial charge in [0.1, 0.15) is 5.75 Å². The maximum Gasteiger partial charge on any atom is 0.387 e. The van der Waals surface area contributed by atoms with Gasteiger partial charge in [0.15, 0.2) is 17.5 Å². The highest BCUT2D eigenvalue weighted by atomic mass is 127. The molecule has 0 amide bonds. The Labute approximate surface area is 204 Å². The van der Waals surface area contributed by atoms with Gasteiger partial charge in [-0.3, -0.25) is 0 Å². The summed E-state index contributed by atoms with van der Waals surface area (Å²) < 4.78 is 41.0. The van der Waals surface area contributed by atoms with Crippen molar-refractivity contribution in [2.75, 3.05) is 27.4 Å². The molecule has 1 aliphatic rings. The van der Waals surface area contributed by atoms with Crippen LogP contribution in [0, 0.1) is 0 Å². The molecule has 2 aromatic rings. The molecule has 0 saturated carbocycles. The predicted octanol–water partition coefficient (Wildman–Crippen LogP) is 3.95. The van der Waals surface area contributed by atoms with Crippen molar-refractivity contribution in [2.24, 2.45) is 4.99 Å². The van der Waals surface area contributed by atoms with Crippen LogP contribution in [-0.4, -0.2) is 44.9 Å². The molecule has 1 aliphatic heterocycles. The highest BCUT2D eigenvalue weighted by Crippen LogP contribution is 2.39. The lowest BCUT2D eigenvalue weighted by Gasteiger charge is -2.16. The minimum absolute atomic E-state index is 0. The van der Waals surface area contributed by atoms with E-state index in [0.717, 1.165) is 12.1 Å². The third kappa shape index (κ3) is 7.37. The van der Waals surface area contributed by atoms with Gasteiger partial charge in [-0.2, -0.15) is 8.78 Å². The molecule has 0 aliphatic carbocycles. The highest BCUT2D eigenvalue weighted by Gasteiger charge is 2.20. The molecule has 2 aromatic carbocycles. The van der Waals surface area contributed by atoms with Gasteiger partial charge in [0.05, 0.1) is 6.54 Å². The SMILES string of the molecule is CCNC(=NCc1cc2c(cc1OC(F)F)OCO2)NCc1ccccc1CN(C)C.I. The Hall–Kier alpha value is -2.34. The first-order chi connectivity index (χ1) is 15.0. The highest BCUT2D eigenvalue weighted by molar-refractivity contribution is 14.0. The second-order valence-electron chi connectivity index (χ2n) is 7.25. The molecule has 0 radical (unpaired) electrons. The number of nitrogens with zero attached hydrogens (tertiary/aromatic N) is 2. The number of hydrogen-bond donors (Lipinski definition) is 2. The largest absolute Gasteiger partial charge is 0.454 e. The van der Waals surface area contributed by atoms with Crippen LogP contribution in [0.1, 0.15) is 23.6 Å². The molecule has 7 nitrogen and oxygen atoms in total. The fourth-order valence-electron chi connectivity index (χ4n) is 3.20. The molecule has 0 fully saturated rings. The average Bonchev–Trinajstić information content (AvgIpc) is 3.17. The number of halogens is 3. The zero-order valence-electron chi connectivity index (χ0n) is 18.4. The van der Waals surface area contributed by atoms with Gasteiger partial charge in [0, 0.05) is 31.3 Å². The van der Waals surface area contributed by atoms with Crippen molar-refractivity contribution < 1.29 is 23.0 Å². The molecule has 0 bridgehead atoms. The van der Waals surface area contributed by atoms with Gasteiger partial charge in [0.25, 0.3) is 0 Å². The average molecular weight is 562 g/mol. The standard InChI is InChI=1S/C22H28F2N4O3.HI/c1-4-25-22(26-11-15-7-5-6-8-16(15)13-28(2)3)27-12-17-9-19-20(30-14-29-19)10-18(17)31-21(23)24;/h5-10,21H,4,11-14H2,1-3H3,(H2,25,26,27);1H. The van der Waals surface area contributed by atoms with Gasteiger partial charge in [-0.15, -0.1) is 24.0 Å². The summed E-state index contributed by atoms with van der Waals surface area (Å²) in [6.07, 6.45) is 0. The third-order valence-corrected chi connectivity index (χ3v) is 4.57. The number of rotatable bonds is 9. The third-order valence-electron chi connectivity index (χ3n) is 4.57. The summed E-state index contributed by atoms with van der Waals surface area (Å²) in [7, 11) is 4.06. The van der Waals surface area contributed by atoms with Gasteiger partial charge >= 0.3 is 6.61 Å². The smallest absolute Gasteiger partial charge is 0.387 e. The number of aliphatic imine (C=N–C) groups is 1. The maximum absolute atomic E-state index is 12.9. The summed E-state index contributed by atoms with van der Waals surface area (Å²) >= 11 is 0. The first-order valence-electron chi connectivity index (χ1n) is 10.1. The van der Waals surface area contributed by atoms with E-state index in [1.165, 1.54) is 11.6 Å². The van der Waals surface area contributed by atoms with Crippen molar-refractivity contribution in [3.8, 4) is 17.2 Å². The van der Waals surface area contributed by atoms with Crippen LogP contribution < -0.4 is 24.8 Å². The van der Waals surface area contributed by atoms with Crippen LogP contribution >= 0.6 is 24.0 Å². The van der Waals surface area contributed by atoms with Crippen LogP contribution in [0.25, 0.3) is 0 Å². The van der Waals surface area contributed by atoms with Crippen LogP contribution in [0.3, 0.4) is 0 Å². The van der Waals surface area contributed by atoms with Crippen molar-refractivity contribution in [1.29, 1.82) is 0 Å². The maximum atomic E-state index is 12.9. The number of nitrogens with one attached hydrogen (secondary N) is 2. The second kappa shape index (κ2) is 12.6. The molecule has 0 aromatic heterocycles. The summed E-state index contributed by atoms with van der Waals surface area (Å²) in [6.45, 7) is 1.27. The first-order valence-corrected chi connectivity index (χ1v) is 10.1. The van der Waals surface area contributed by atoms with E-state index in [2.05, 4.69) is 37.4 Å². The molecular weight excluding hydrogens is 533 g/mol. The van der Waals surface area contributed by atoms with Gasteiger partial charge in [-0.05, 0) is 38.2 Å². The lowest BCUT2D eigenvalue weighted by molar-refractivity contribution is -0.0505. The van der Waals surface area contributed by atoms with E-state index in [9.17, 15) is 8.78 Å². The lowest BCUT2D eigenvalue weighted by atomic mass is 10.1. The normalized spacial score (nSPS) is 12.7. The van der Waals surface area contributed by atoms with Crippen LogP contribution in [0.2, 0.25) is 0 Å². The van der Waals surface area contributed by atoms with Gasteiger partial charge < -0.3 is 29.7 Å². The van der Waals surface area contributed by atoms with Gasteiger partial charge in [-0.1, -0.05) is 24.3 Å². The lowest BCUT2D eigenvalue weighted by Crippen LogP contribution is -2.37. The second-order valence-corrected chi connectivity index (χ2v) is 7.25. The van der Waals surface area contributed by atoms with E-state index in [-0.39, 0.29) is 43.1 Å². The van der Waals surface area contributed by atoms with Crippen molar-refractivity contribution in [1.82, 2.24) is 15.5 Å². The minimum Gasteiger partial charge on any atom is -0.454 e. The zero-order chi connectivity index (χ0) is 22.2. The molecule has 0 atom stereocenters. The Morgan fingerprint density at radius 2 is 1.78 bits per heavy atom. The Bertz CT molecular complexity index is 913. The van der Waals surface area contributed by atoms with Crippen LogP contribution in [0.15, 0.2) is 41.4 Å². The van der Waals surface area contributed by atoms with E-state index in [4.69, 9.17) is 9.47 Å². The van der Waals surface area contributed by atoms with E-state index >= 15 is 0 Å². The predicted molar refractivity (Wildman–Crippen MR) is 130 cm³/mol. The molecule has 10 heteroatoms. The van der Waals surface area contributed by atoms with Gasteiger partial charge in [0.2, 0.25) is 6.79 Å². The van der Waals surface area contributed by atoms with E-state index in [1.807, 2.05) is 33.2 Å². The Morgan fingerprint density at radius 1 is 1.09 bits per heavy atom. The molecule has 1 heterocycles. The molecule has 0 saturated heterocycles. The molecule has 3 rings (SSSR count). The fourth-order valence-corrected chi connectivity index (χ4v) is 3.20. The topological polar surface area (TPSA) is 67.4 Å². The number of alkyl halides is 2. The summed E-state index contributed by atoms with van der Waals surface area (Å²) in [6, 6.07) is 11.2. The molecule has 2 N–H and O–H groups in total. The Kier molecular flexibility index (Phi) is 10.2. The summed E-state index contributed by atoms with van der Waals surface area (Å²) in [4.78, 5) is 6.66. The van der Waals surface area contributed by atoms with Crippen LogP contribution in [0.5, 0.6) is 17.2 Å². The van der Waals surface area contributed by atoms with Crippen molar-refractivity contribution in [2.45, 2.75) is 33.2 Å². The quantitative estimate of drug-likeness (QED) is 0.274. The summed E-state index contributed by atoms with van der Waals surface area (Å²) in [5.41, 5.74) is 2.86. The number of fused-ring (bicyclic) bond motifs is 1. The number of guanidine groups is 1. The monoisotopic (exact) mass is 562 g/mol. The Balaban J connectivity index is 0.00000363. The van der Waals surface area contributed by atoms with E-state index in [0.29, 0.717) is 36.1 Å². The molecule has 32 heavy (non-hydrogen) atoms. The zero-order valence-corrected chi connectivity index (χ0v) is 20.7. The molecule has 0 unspecified atom stereocenters. The van der Waals surface area contributed by atoms with Crippen molar-refractivity contribution in [3.63, 3.8) is 0 Å².